The van der Waals surface area contributed by atoms with Crippen LogP contribution in [0, 0.1) is 0 Å². The Morgan fingerprint density at radius 3 is 2.56 bits per heavy atom. The van der Waals surface area contributed by atoms with Crippen molar-refractivity contribution in [1.29, 1.82) is 0 Å². The minimum absolute atomic E-state index is 0.0669. The molecule has 0 spiro atoms. The van der Waals surface area contributed by atoms with Crippen molar-refractivity contribution in [2.24, 2.45) is 0 Å². The van der Waals surface area contributed by atoms with E-state index in [0.29, 0.717) is 6.42 Å². The van der Waals surface area contributed by atoms with Gasteiger partial charge in [-0.15, -0.1) is 0 Å². The van der Waals surface area contributed by atoms with Gasteiger partial charge in [0, 0.05) is 12.5 Å². The fourth-order valence-corrected chi connectivity index (χ4v) is 2.40. The zero-order valence-corrected chi connectivity index (χ0v) is 11.2. The van der Waals surface area contributed by atoms with E-state index in [4.69, 9.17) is 4.74 Å². The maximum absolute atomic E-state index is 12.1. The van der Waals surface area contributed by atoms with Crippen molar-refractivity contribution >= 4 is 0 Å². The molecule has 1 rings (SSSR count). The Morgan fingerprint density at radius 1 is 1.33 bits per heavy atom. The quantitative estimate of drug-likeness (QED) is 0.760. The Labute approximate surface area is 107 Å². The number of hydrogen-bond donors (Lipinski definition) is 1. The molecule has 108 valence electrons. The molecular formula is C13H24F3NO. The van der Waals surface area contributed by atoms with Crippen LogP contribution >= 0.6 is 0 Å². The van der Waals surface area contributed by atoms with Crippen LogP contribution in [-0.4, -0.2) is 31.0 Å². The summed E-state index contributed by atoms with van der Waals surface area (Å²) in [5.41, 5.74) is 0. The highest BCUT2D eigenvalue weighted by atomic mass is 19.4. The van der Waals surface area contributed by atoms with Crippen molar-refractivity contribution in [2.75, 3.05) is 6.54 Å². The number of rotatable bonds is 7. The van der Waals surface area contributed by atoms with Gasteiger partial charge in [0.2, 0.25) is 0 Å². The normalized spacial score (nSPS) is 26.5. The Morgan fingerprint density at radius 2 is 2.06 bits per heavy atom. The maximum atomic E-state index is 12.1. The molecule has 0 aromatic rings. The van der Waals surface area contributed by atoms with E-state index in [1.54, 1.807) is 0 Å². The molecule has 2 nitrogen and oxygen atoms in total. The lowest BCUT2D eigenvalue weighted by Crippen LogP contribution is -2.40. The summed E-state index contributed by atoms with van der Waals surface area (Å²) in [5.74, 6) is 0. The lowest BCUT2D eigenvalue weighted by molar-refractivity contribution is -0.136. The first kappa shape index (κ1) is 15.8. The van der Waals surface area contributed by atoms with Gasteiger partial charge in [0.25, 0.3) is 0 Å². The summed E-state index contributed by atoms with van der Waals surface area (Å²) in [6.45, 7) is 4.91. The highest BCUT2D eigenvalue weighted by Crippen LogP contribution is 2.27. The number of nitrogens with one attached hydrogen (secondary N) is 1. The molecule has 1 fully saturated rings. The third-order valence-corrected chi connectivity index (χ3v) is 3.35. The van der Waals surface area contributed by atoms with Crippen LogP contribution in [0.2, 0.25) is 0 Å². The summed E-state index contributed by atoms with van der Waals surface area (Å²) in [6.07, 6.45) is -0.751. The van der Waals surface area contributed by atoms with Crippen molar-refractivity contribution in [1.82, 2.24) is 5.32 Å². The van der Waals surface area contributed by atoms with Crippen LogP contribution in [0.4, 0.5) is 13.2 Å². The third-order valence-electron chi connectivity index (χ3n) is 3.35. The van der Waals surface area contributed by atoms with E-state index in [1.165, 1.54) is 0 Å². The molecule has 5 heteroatoms. The maximum Gasteiger partial charge on any atom is 0.389 e. The van der Waals surface area contributed by atoms with Crippen molar-refractivity contribution in [3.8, 4) is 0 Å². The van der Waals surface area contributed by atoms with E-state index in [1.807, 2.05) is 6.92 Å². The average Bonchev–Trinajstić information content (AvgIpc) is 2.68. The van der Waals surface area contributed by atoms with E-state index in [2.05, 4.69) is 12.2 Å². The highest BCUT2D eigenvalue weighted by molar-refractivity contribution is 4.83. The second-order valence-electron chi connectivity index (χ2n) is 5.13. The molecule has 0 bridgehead atoms. The van der Waals surface area contributed by atoms with E-state index < -0.39 is 12.6 Å². The zero-order chi connectivity index (χ0) is 13.6. The van der Waals surface area contributed by atoms with Gasteiger partial charge in [-0.05, 0) is 45.6 Å². The molecule has 0 aromatic carbocycles. The van der Waals surface area contributed by atoms with Crippen LogP contribution in [0.25, 0.3) is 0 Å². The van der Waals surface area contributed by atoms with Crippen LogP contribution < -0.4 is 5.32 Å². The van der Waals surface area contributed by atoms with Gasteiger partial charge in [0.15, 0.2) is 0 Å². The van der Waals surface area contributed by atoms with Crippen LogP contribution in [0.5, 0.6) is 0 Å². The summed E-state index contributed by atoms with van der Waals surface area (Å²) < 4.78 is 42.2. The van der Waals surface area contributed by atoms with E-state index in [-0.39, 0.29) is 24.7 Å². The van der Waals surface area contributed by atoms with E-state index in [9.17, 15) is 13.2 Å². The van der Waals surface area contributed by atoms with Gasteiger partial charge in [-0.2, -0.15) is 13.2 Å². The lowest BCUT2D eigenvalue weighted by atomic mass is 10.0. The molecule has 1 aliphatic rings. The average molecular weight is 267 g/mol. The molecule has 3 atom stereocenters. The second-order valence-corrected chi connectivity index (χ2v) is 5.13. The molecule has 0 saturated carbocycles. The van der Waals surface area contributed by atoms with Gasteiger partial charge in [-0.25, -0.2) is 0 Å². The fourth-order valence-electron chi connectivity index (χ4n) is 2.40. The number of ether oxygens (including phenoxy) is 1. The minimum Gasteiger partial charge on any atom is -0.374 e. The molecule has 0 radical (unpaired) electrons. The summed E-state index contributed by atoms with van der Waals surface area (Å²) in [5, 5.41) is 3.33. The topological polar surface area (TPSA) is 21.3 Å². The first-order valence-corrected chi connectivity index (χ1v) is 6.88. The molecule has 0 aliphatic carbocycles. The van der Waals surface area contributed by atoms with Crippen molar-refractivity contribution < 1.29 is 17.9 Å². The zero-order valence-electron chi connectivity index (χ0n) is 11.2. The lowest BCUT2D eigenvalue weighted by Gasteiger charge is -2.25. The van der Waals surface area contributed by atoms with Crippen molar-refractivity contribution in [3.05, 3.63) is 0 Å². The van der Waals surface area contributed by atoms with Gasteiger partial charge in [0.1, 0.15) is 0 Å². The SMILES string of the molecule is CCCNC(CCCC(F)(F)F)C1CCC(C)O1. The van der Waals surface area contributed by atoms with Crippen molar-refractivity contribution in [2.45, 2.75) is 76.8 Å². The summed E-state index contributed by atoms with van der Waals surface area (Å²) in [7, 11) is 0. The Kier molecular flexibility index (Phi) is 6.43. The number of alkyl halides is 3. The Hall–Kier alpha value is -0.290. The predicted octanol–water partition coefficient (Wildman–Crippen LogP) is 3.65. The van der Waals surface area contributed by atoms with Crippen LogP contribution in [0.15, 0.2) is 0 Å². The Balaban J connectivity index is 2.35. The summed E-state index contributed by atoms with van der Waals surface area (Å²) >= 11 is 0. The molecule has 0 aromatic heterocycles. The first-order valence-electron chi connectivity index (χ1n) is 6.88. The van der Waals surface area contributed by atoms with Gasteiger partial charge in [-0.3, -0.25) is 0 Å². The van der Waals surface area contributed by atoms with E-state index in [0.717, 1.165) is 25.8 Å². The first-order chi connectivity index (χ1) is 8.42. The van der Waals surface area contributed by atoms with Crippen molar-refractivity contribution in [3.63, 3.8) is 0 Å². The monoisotopic (exact) mass is 267 g/mol. The number of hydrogen-bond acceptors (Lipinski definition) is 2. The predicted molar refractivity (Wildman–Crippen MR) is 65.6 cm³/mol. The summed E-state index contributed by atoms with van der Waals surface area (Å²) in [4.78, 5) is 0. The van der Waals surface area contributed by atoms with Crippen LogP contribution in [-0.2, 0) is 4.74 Å². The molecule has 1 saturated heterocycles. The number of halogens is 3. The fraction of sp³-hybridized carbons (Fsp3) is 1.00. The molecule has 3 unspecified atom stereocenters. The molecule has 0 amide bonds. The smallest absolute Gasteiger partial charge is 0.374 e. The second kappa shape index (κ2) is 7.34. The van der Waals surface area contributed by atoms with Gasteiger partial charge in [-0.1, -0.05) is 6.92 Å². The van der Waals surface area contributed by atoms with Gasteiger partial charge >= 0.3 is 6.18 Å². The molecule has 1 heterocycles. The minimum atomic E-state index is -4.04. The third kappa shape index (κ3) is 6.05. The molecule has 1 N–H and O–H groups in total. The highest BCUT2D eigenvalue weighted by Gasteiger charge is 2.31. The van der Waals surface area contributed by atoms with Gasteiger partial charge in [0.05, 0.1) is 12.2 Å². The van der Waals surface area contributed by atoms with Crippen LogP contribution in [0.3, 0.4) is 0 Å². The van der Waals surface area contributed by atoms with Crippen LogP contribution in [0.1, 0.15) is 52.4 Å². The Bertz CT molecular complexity index is 233. The largest absolute Gasteiger partial charge is 0.389 e. The molecule has 1 aliphatic heterocycles. The molecule has 18 heavy (non-hydrogen) atoms. The van der Waals surface area contributed by atoms with Gasteiger partial charge < -0.3 is 10.1 Å². The standard InChI is InChI=1S/C13H24F3NO/c1-3-9-17-11(5-4-8-13(14,15)16)12-7-6-10(2)18-12/h10-12,17H,3-9H2,1-2H3. The molecular weight excluding hydrogens is 243 g/mol. The summed E-state index contributed by atoms with van der Waals surface area (Å²) in [6, 6.07) is 0.0669. The van der Waals surface area contributed by atoms with E-state index >= 15 is 0 Å².